The van der Waals surface area contributed by atoms with Crippen LogP contribution in [0.2, 0.25) is 0 Å². The number of aryl methyl sites for hydroxylation is 1. The van der Waals surface area contributed by atoms with Crippen LogP contribution in [0.15, 0.2) is 108 Å². The zero-order valence-corrected chi connectivity index (χ0v) is 23.9. The van der Waals surface area contributed by atoms with E-state index >= 15 is 0 Å². The summed E-state index contributed by atoms with van der Waals surface area (Å²) < 4.78 is 29.9. The molecule has 43 heavy (non-hydrogen) atoms. The number of nitrogens with one attached hydrogen (secondary N) is 3. The predicted molar refractivity (Wildman–Crippen MR) is 163 cm³/mol. The molecule has 0 aliphatic heterocycles. The van der Waals surface area contributed by atoms with Crippen LogP contribution in [0.5, 0.6) is 0 Å². The summed E-state index contributed by atoms with van der Waals surface area (Å²) in [7, 11) is -4.18. The number of carboxylic acids is 1. The molecule has 1 amide bonds. The summed E-state index contributed by atoms with van der Waals surface area (Å²) in [5, 5.41) is 20.5. The van der Waals surface area contributed by atoms with Crippen LogP contribution in [0.4, 0.5) is 5.82 Å². The lowest BCUT2D eigenvalue weighted by atomic mass is 10.1. The van der Waals surface area contributed by atoms with E-state index in [0.717, 1.165) is 28.9 Å². The number of carbonyl (C=O) groups excluding carboxylic acids is 1. The molecule has 1 unspecified atom stereocenters. The Morgan fingerprint density at radius 2 is 1.63 bits per heavy atom. The second kappa shape index (κ2) is 13.3. The standard InChI is InChI=1S/C31H30N6O5S/c38-30(25-10-6-11-28-26(25)20-35-37(28)19-7-18-33-29-12-4-5-17-32-29)34-21-27(31(39)40)36-43(41,42)24-15-13-23(14-16-24)22-8-2-1-3-9-22/h1-6,8-17,20,27,36H,7,18-19,21H2,(H,32,33)(H,34,38)(H,39,40). The Kier molecular flexibility index (Phi) is 9.08. The Balaban J connectivity index is 1.21. The van der Waals surface area contributed by atoms with Gasteiger partial charge in [-0.2, -0.15) is 9.82 Å². The van der Waals surface area contributed by atoms with Crippen LogP contribution in [0, 0.1) is 0 Å². The van der Waals surface area contributed by atoms with Gasteiger partial charge in [0.15, 0.2) is 0 Å². The summed E-state index contributed by atoms with van der Waals surface area (Å²) in [6.07, 6.45) is 4.07. The van der Waals surface area contributed by atoms with E-state index in [1.54, 1.807) is 41.3 Å². The number of rotatable bonds is 13. The molecule has 12 heteroatoms. The Morgan fingerprint density at radius 3 is 2.35 bits per heavy atom. The van der Waals surface area contributed by atoms with Crippen LogP contribution in [0.3, 0.4) is 0 Å². The lowest BCUT2D eigenvalue weighted by Crippen LogP contribution is -2.48. The van der Waals surface area contributed by atoms with Crippen LogP contribution >= 0.6 is 0 Å². The number of aromatic nitrogens is 3. The molecule has 0 fully saturated rings. The second-order valence-corrected chi connectivity index (χ2v) is 11.4. The third kappa shape index (κ3) is 7.23. The molecule has 2 heterocycles. The third-order valence-electron chi connectivity index (χ3n) is 6.78. The van der Waals surface area contributed by atoms with Gasteiger partial charge in [0.05, 0.1) is 22.2 Å². The number of sulfonamides is 1. The molecule has 0 saturated carbocycles. The molecule has 5 rings (SSSR count). The first-order valence-corrected chi connectivity index (χ1v) is 15.1. The number of carboxylic acid groups (broad SMARTS) is 1. The first-order valence-electron chi connectivity index (χ1n) is 13.6. The van der Waals surface area contributed by atoms with Crippen molar-refractivity contribution in [3.63, 3.8) is 0 Å². The van der Waals surface area contributed by atoms with Gasteiger partial charge >= 0.3 is 5.97 Å². The van der Waals surface area contributed by atoms with Crippen LogP contribution in [0.1, 0.15) is 16.8 Å². The number of benzene rings is 3. The van der Waals surface area contributed by atoms with E-state index in [1.807, 2.05) is 54.6 Å². The van der Waals surface area contributed by atoms with Crippen LogP contribution in [-0.2, 0) is 21.4 Å². The minimum Gasteiger partial charge on any atom is -0.480 e. The van der Waals surface area contributed by atoms with Crippen molar-refractivity contribution in [2.75, 3.05) is 18.4 Å². The van der Waals surface area contributed by atoms with Crippen molar-refractivity contribution in [3.8, 4) is 11.1 Å². The minimum absolute atomic E-state index is 0.0860. The Bertz CT molecular complexity index is 1810. The molecule has 1 atom stereocenters. The van der Waals surface area contributed by atoms with Crippen molar-refractivity contribution in [1.82, 2.24) is 24.8 Å². The van der Waals surface area contributed by atoms with Crippen LogP contribution in [-0.4, -0.2) is 59.3 Å². The Hall–Kier alpha value is -5.07. The number of fused-ring (bicyclic) bond motifs is 1. The van der Waals surface area contributed by atoms with Gasteiger partial charge in [-0.1, -0.05) is 54.6 Å². The first-order chi connectivity index (χ1) is 20.8. The summed E-state index contributed by atoms with van der Waals surface area (Å²) in [5.41, 5.74) is 2.79. The van der Waals surface area contributed by atoms with Gasteiger partial charge in [0.25, 0.3) is 5.91 Å². The molecule has 220 valence electrons. The highest BCUT2D eigenvalue weighted by atomic mass is 32.2. The number of aliphatic carboxylic acids is 1. The molecule has 5 aromatic rings. The monoisotopic (exact) mass is 598 g/mol. The zero-order chi connectivity index (χ0) is 30.2. The van der Waals surface area contributed by atoms with E-state index in [0.29, 0.717) is 24.0 Å². The maximum atomic E-state index is 13.1. The predicted octanol–water partition coefficient (Wildman–Crippen LogP) is 3.76. The van der Waals surface area contributed by atoms with Gasteiger partial charge in [-0.25, -0.2) is 13.4 Å². The van der Waals surface area contributed by atoms with Gasteiger partial charge in [0.1, 0.15) is 11.9 Å². The summed E-state index contributed by atoms with van der Waals surface area (Å²) in [5.74, 6) is -1.18. The zero-order valence-electron chi connectivity index (χ0n) is 23.1. The normalized spacial score (nSPS) is 12.1. The van der Waals surface area contributed by atoms with E-state index in [1.165, 1.54) is 12.1 Å². The number of amides is 1. The molecule has 4 N–H and O–H groups in total. The maximum Gasteiger partial charge on any atom is 0.323 e. The van der Waals surface area contributed by atoms with Crippen molar-refractivity contribution >= 4 is 38.6 Å². The summed E-state index contributed by atoms with van der Waals surface area (Å²) >= 11 is 0. The van der Waals surface area contributed by atoms with Crippen LogP contribution < -0.4 is 15.4 Å². The first kappa shape index (κ1) is 29.4. The summed E-state index contributed by atoms with van der Waals surface area (Å²) in [6, 6.07) is 24.8. The average molecular weight is 599 g/mol. The van der Waals surface area contributed by atoms with Gasteiger partial charge < -0.3 is 15.7 Å². The maximum absolute atomic E-state index is 13.1. The Morgan fingerprint density at radius 1 is 0.884 bits per heavy atom. The fraction of sp³-hybridized carbons (Fsp3) is 0.161. The van der Waals surface area contributed by atoms with Crippen molar-refractivity contribution < 1.29 is 23.1 Å². The fourth-order valence-electron chi connectivity index (χ4n) is 4.57. The molecule has 0 spiro atoms. The summed E-state index contributed by atoms with van der Waals surface area (Å²) in [6.45, 7) is 0.824. The molecule has 3 aromatic carbocycles. The van der Waals surface area contributed by atoms with Gasteiger partial charge in [0, 0.05) is 31.2 Å². The number of anilines is 1. The quantitative estimate of drug-likeness (QED) is 0.149. The van der Waals surface area contributed by atoms with Crippen molar-refractivity contribution in [2.45, 2.75) is 23.9 Å². The molecule has 0 saturated heterocycles. The molecule has 0 radical (unpaired) electrons. The smallest absolute Gasteiger partial charge is 0.323 e. The molecule has 0 aliphatic carbocycles. The van der Waals surface area contributed by atoms with E-state index in [4.69, 9.17) is 0 Å². The second-order valence-electron chi connectivity index (χ2n) is 9.71. The van der Waals surface area contributed by atoms with E-state index in [2.05, 4.69) is 25.4 Å². The lowest BCUT2D eigenvalue weighted by molar-refractivity contribution is -0.138. The topological polar surface area (TPSA) is 155 Å². The molecule has 11 nitrogen and oxygen atoms in total. The van der Waals surface area contributed by atoms with E-state index < -0.39 is 34.5 Å². The van der Waals surface area contributed by atoms with Crippen molar-refractivity contribution in [3.05, 3.63) is 109 Å². The highest BCUT2D eigenvalue weighted by Crippen LogP contribution is 2.22. The highest BCUT2D eigenvalue weighted by molar-refractivity contribution is 7.89. The minimum atomic E-state index is -4.18. The number of pyridine rings is 1. The van der Waals surface area contributed by atoms with Gasteiger partial charge in [-0.05, 0) is 53.9 Å². The van der Waals surface area contributed by atoms with Crippen LogP contribution in [0.25, 0.3) is 22.0 Å². The van der Waals surface area contributed by atoms with Gasteiger partial charge in [-0.15, -0.1) is 0 Å². The Labute approximate surface area is 248 Å². The molecular weight excluding hydrogens is 568 g/mol. The number of carbonyl (C=O) groups is 2. The van der Waals surface area contributed by atoms with E-state index in [9.17, 15) is 23.1 Å². The third-order valence-corrected chi connectivity index (χ3v) is 8.27. The highest BCUT2D eigenvalue weighted by Gasteiger charge is 2.26. The average Bonchev–Trinajstić information content (AvgIpc) is 3.45. The lowest BCUT2D eigenvalue weighted by Gasteiger charge is -2.16. The largest absolute Gasteiger partial charge is 0.480 e. The van der Waals surface area contributed by atoms with E-state index in [-0.39, 0.29) is 4.90 Å². The van der Waals surface area contributed by atoms with Crippen molar-refractivity contribution in [1.29, 1.82) is 0 Å². The van der Waals surface area contributed by atoms with Gasteiger partial charge in [0.2, 0.25) is 10.0 Å². The number of hydrogen-bond donors (Lipinski definition) is 4. The fourth-order valence-corrected chi connectivity index (χ4v) is 5.76. The molecular formula is C31H30N6O5S. The molecule has 2 aromatic heterocycles. The number of hydrogen-bond acceptors (Lipinski definition) is 7. The van der Waals surface area contributed by atoms with Gasteiger partial charge in [-0.3, -0.25) is 14.3 Å². The summed E-state index contributed by atoms with van der Waals surface area (Å²) in [4.78, 5) is 29.2. The SMILES string of the molecule is O=C(NCC(NS(=O)(=O)c1ccc(-c2ccccc2)cc1)C(=O)O)c1cccc2c1cnn2CCCNc1ccccn1. The number of nitrogens with zero attached hydrogens (tertiary/aromatic N) is 3. The van der Waals surface area contributed by atoms with Crippen molar-refractivity contribution in [2.24, 2.45) is 0 Å². The molecule has 0 aliphatic rings. The molecule has 0 bridgehead atoms.